The second kappa shape index (κ2) is 6.39. The summed E-state index contributed by atoms with van der Waals surface area (Å²) in [7, 11) is 0. The molecule has 0 unspecified atom stereocenters. The van der Waals surface area contributed by atoms with Crippen molar-refractivity contribution in [3.8, 4) is 0 Å². The Bertz CT molecular complexity index is 636. The van der Waals surface area contributed by atoms with Crippen molar-refractivity contribution in [3.05, 3.63) is 54.6 Å². The number of para-hydroxylation sites is 1. The van der Waals surface area contributed by atoms with Crippen LogP contribution in [0.4, 0.5) is 21.9 Å². The van der Waals surface area contributed by atoms with Crippen LogP contribution in [0.15, 0.2) is 54.6 Å². The van der Waals surface area contributed by atoms with Gasteiger partial charge in [-0.3, -0.25) is 0 Å². The number of nitrogens with zero attached hydrogens (tertiary/aromatic N) is 2. The minimum Gasteiger partial charge on any atom is -0.399 e. The summed E-state index contributed by atoms with van der Waals surface area (Å²) in [6, 6.07) is 17.4. The van der Waals surface area contributed by atoms with E-state index in [9.17, 15) is 4.79 Å². The highest BCUT2D eigenvalue weighted by atomic mass is 16.2. The van der Waals surface area contributed by atoms with E-state index in [1.807, 2.05) is 53.4 Å². The topological polar surface area (TPSA) is 61.6 Å². The summed E-state index contributed by atoms with van der Waals surface area (Å²) < 4.78 is 0. The van der Waals surface area contributed by atoms with Gasteiger partial charge in [-0.15, -0.1) is 0 Å². The molecule has 1 aliphatic heterocycles. The Morgan fingerprint density at radius 1 is 0.955 bits per heavy atom. The molecule has 2 amide bonds. The van der Waals surface area contributed by atoms with Crippen molar-refractivity contribution in [2.24, 2.45) is 0 Å². The van der Waals surface area contributed by atoms with E-state index in [4.69, 9.17) is 5.73 Å². The third-order valence-electron chi connectivity index (χ3n) is 3.83. The maximum atomic E-state index is 12.2. The fourth-order valence-corrected chi connectivity index (χ4v) is 2.61. The molecule has 1 saturated heterocycles. The van der Waals surface area contributed by atoms with Crippen molar-refractivity contribution in [2.45, 2.75) is 0 Å². The molecule has 0 radical (unpaired) electrons. The lowest BCUT2D eigenvalue weighted by Gasteiger charge is -2.36. The number of carbonyl (C=O) groups is 1. The molecule has 2 aromatic rings. The van der Waals surface area contributed by atoms with Gasteiger partial charge in [-0.25, -0.2) is 4.79 Å². The number of rotatable bonds is 2. The highest BCUT2D eigenvalue weighted by Gasteiger charge is 2.21. The number of amides is 2. The number of urea groups is 1. The standard InChI is InChI=1S/C17H20N4O/c18-14-5-4-8-16(13-14)20-9-11-21(12-10-20)17(22)19-15-6-2-1-3-7-15/h1-8,13H,9-12,18H2,(H,19,22). The zero-order chi connectivity index (χ0) is 15.4. The average Bonchev–Trinajstić information content (AvgIpc) is 2.56. The number of piperazine rings is 1. The van der Waals surface area contributed by atoms with E-state index in [0.29, 0.717) is 13.1 Å². The molecule has 0 atom stereocenters. The lowest BCUT2D eigenvalue weighted by Crippen LogP contribution is -2.50. The first-order valence-electron chi connectivity index (χ1n) is 7.44. The average molecular weight is 296 g/mol. The lowest BCUT2D eigenvalue weighted by molar-refractivity contribution is 0.208. The Kier molecular flexibility index (Phi) is 4.14. The van der Waals surface area contributed by atoms with Crippen molar-refractivity contribution in [3.63, 3.8) is 0 Å². The van der Waals surface area contributed by atoms with Gasteiger partial charge in [0.2, 0.25) is 0 Å². The Labute approximate surface area is 130 Å². The molecule has 114 valence electrons. The summed E-state index contributed by atoms with van der Waals surface area (Å²) >= 11 is 0. The van der Waals surface area contributed by atoms with Gasteiger partial charge in [0, 0.05) is 43.2 Å². The van der Waals surface area contributed by atoms with Crippen LogP contribution in [0, 0.1) is 0 Å². The fraction of sp³-hybridized carbons (Fsp3) is 0.235. The van der Waals surface area contributed by atoms with Crippen LogP contribution in [0.5, 0.6) is 0 Å². The van der Waals surface area contributed by atoms with Gasteiger partial charge in [-0.2, -0.15) is 0 Å². The maximum Gasteiger partial charge on any atom is 0.321 e. The zero-order valence-corrected chi connectivity index (χ0v) is 12.4. The van der Waals surface area contributed by atoms with E-state index < -0.39 is 0 Å². The second-order valence-electron chi connectivity index (χ2n) is 5.37. The number of nitrogen functional groups attached to an aromatic ring is 1. The van der Waals surface area contributed by atoms with Crippen LogP contribution in [0.1, 0.15) is 0 Å². The molecule has 0 bridgehead atoms. The lowest BCUT2D eigenvalue weighted by atomic mass is 10.2. The van der Waals surface area contributed by atoms with Crippen molar-refractivity contribution in [1.82, 2.24) is 4.90 Å². The van der Waals surface area contributed by atoms with Crippen LogP contribution in [-0.4, -0.2) is 37.1 Å². The van der Waals surface area contributed by atoms with Crippen LogP contribution >= 0.6 is 0 Å². The molecular formula is C17H20N4O. The molecule has 0 saturated carbocycles. The predicted octanol–water partition coefficient (Wildman–Crippen LogP) is 2.62. The molecule has 22 heavy (non-hydrogen) atoms. The third kappa shape index (κ3) is 3.31. The van der Waals surface area contributed by atoms with Gasteiger partial charge < -0.3 is 20.9 Å². The minimum atomic E-state index is -0.0431. The molecule has 3 N–H and O–H groups in total. The zero-order valence-electron chi connectivity index (χ0n) is 12.4. The van der Waals surface area contributed by atoms with Gasteiger partial charge in [0.15, 0.2) is 0 Å². The molecule has 1 heterocycles. The van der Waals surface area contributed by atoms with Crippen molar-refractivity contribution >= 4 is 23.1 Å². The number of carbonyl (C=O) groups excluding carboxylic acids is 1. The summed E-state index contributed by atoms with van der Waals surface area (Å²) in [5.41, 5.74) is 8.53. The highest BCUT2D eigenvalue weighted by Crippen LogP contribution is 2.19. The fourth-order valence-electron chi connectivity index (χ4n) is 2.61. The van der Waals surface area contributed by atoms with Crippen molar-refractivity contribution in [1.29, 1.82) is 0 Å². The minimum absolute atomic E-state index is 0.0431. The third-order valence-corrected chi connectivity index (χ3v) is 3.83. The van der Waals surface area contributed by atoms with Gasteiger partial charge >= 0.3 is 6.03 Å². The van der Waals surface area contributed by atoms with Crippen molar-refractivity contribution < 1.29 is 4.79 Å². The first-order chi connectivity index (χ1) is 10.7. The Balaban J connectivity index is 1.56. The van der Waals surface area contributed by atoms with Gasteiger partial charge in [-0.1, -0.05) is 24.3 Å². The van der Waals surface area contributed by atoms with Gasteiger partial charge in [0.05, 0.1) is 0 Å². The van der Waals surface area contributed by atoms with Crippen LogP contribution in [0.3, 0.4) is 0 Å². The van der Waals surface area contributed by atoms with Gasteiger partial charge in [0.1, 0.15) is 0 Å². The summed E-state index contributed by atoms with van der Waals surface area (Å²) in [6.45, 7) is 3.03. The number of nitrogens with two attached hydrogens (primary N) is 1. The number of nitrogens with one attached hydrogen (secondary N) is 1. The Morgan fingerprint density at radius 3 is 2.36 bits per heavy atom. The van der Waals surface area contributed by atoms with Crippen LogP contribution in [0.2, 0.25) is 0 Å². The molecule has 1 aliphatic rings. The highest BCUT2D eigenvalue weighted by molar-refractivity contribution is 5.89. The molecule has 3 rings (SSSR count). The maximum absolute atomic E-state index is 12.2. The summed E-state index contributed by atoms with van der Waals surface area (Å²) in [4.78, 5) is 16.3. The first-order valence-corrected chi connectivity index (χ1v) is 7.44. The first kappa shape index (κ1) is 14.3. The molecule has 5 nitrogen and oxygen atoms in total. The quantitative estimate of drug-likeness (QED) is 0.837. The Hall–Kier alpha value is -2.69. The van der Waals surface area contributed by atoms with E-state index in [2.05, 4.69) is 16.3 Å². The molecule has 1 fully saturated rings. The molecule has 0 aliphatic carbocycles. The smallest absolute Gasteiger partial charge is 0.321 e. The summed E-state index contributed by atoms with van der Waals surface area (Å²) in [6.07, 6.45) is 0. The van der Waals surface area contributed by atoms with Crippen LogP contribution in [0.25, 0.3) is 0 Å². The predicted molar refractivity (Wildman–Crippen MR) is 90.1 cm³/mol. The number of hydrogen-bond acceptors (Lipinski definition) is 3. The van der Waals surface area contributed by atoms with Crippen molar-refractivity contribution in [2.75, 3.05) is 42.1 Å². The molecular weight excluding hydrogens is 276 g/mol. The number of hydrogen-bond donors (Lipinski definition) is 2. The van der Waals surface area contributed by atoms with Gasteiger partial charge in [0.25, 0.3) is 0 Å². The van der Waals surface area contributed by atoms with E-state index >= 15 is 0 Å². The number of benzene rings is 2. The van der Waals surface area contributed by atoms with Crippen LogP contribution < -0.4 is 16.0 Å². The molecule has 0 aromatic heterocycles. The molecule has 0 spiro atoms. The second-order valence-corrected chi connectivity index (χ2v) is 5.37. The monoisotopic (exact) mass is 296 g/mol. The SMILES string of the molecule is Nc1cccc(N2CCN(C(=O)Nc3ccccc3)CC2)c1. The van der Waals surface area contributed by atoms with E-state index in [1.165, 1.54) is 0 Å². The van der Waals surface area contributed by atoms with Crippen LogP contribution in [-0.2, 0) is 0 Å². The summed E-state index contributed by atoms with van der Waals surface area (Å²) in [5.74, 6) is 0. The van der Waals surface area contributed by atoms with E-state index in [-0.39, 0.29) is 6.03 Å². The van der Waals surface area contributed by atoms with E-state index in [1.54, 1.807) is 0 Å². The normalized spacial score (nSPS) is 14.7. The molecule has 5 heteroatoms. The van der Waals surface area contributed by atoms with E-state index in [0.717, 1.165) is 30.2 Å². The Morgan fingerprint density at radius 2 is 1.68 bits per heavy atom. The molecule has 2 aromatic carbocycles. The summed E-state index contributed by atoms with van der Waals surface area (Å²) in [5, 5.41) is 2.92. The largest absolute Gasteiger partial charge is 0.399 e. The van der Waals surface area contributed by atoms with Gasteiger partial charge in [-0.05, 0) is 30.3 Å². The number of anilines is 3.